The summed E-state index contributed by atoms with van der Waals surface area (Å²) in [4.78, 5) is 11.7. The lowest BCUT2D eigenvalue weighted by Crippen LogP contribution is -2.45. The highest BCUT2D eigenvalue weighted by Crippen LogP contribution is 2.24. The zero-order valence-corrected chi connectivity index (χ0v) is 13.1. The van der Waals surface area contributed by atoms with Crippen LogP contribution in [-0.2, 0) is 0 Å². The maximum atomic E-state index is 4.79. The molecular formula is C17H24N4. The summed E-state index contributed by atoms with van der Waals surface area (Å²) in [5, 5.41) is 3.61. The first-order chi connectivity index (χ1) is 10.0. The van der Waals surface area contributed by atoms with E-state index in [1.165, 1.54) is 12.8 Å². The van der Waals surface area contributed by atoms with Crippen LogP contribution in [0.1, 0.15) is 33.6 Å². The van der Waals surface area contributed by atoms with E-state index in [0.717, 1.165) is 29.9 Å². The Morgan fingerprint density at radius 3 is 2.76 bits per heavy atom. The number of hydrogen-bond acceptors (Lipinski definition) is 4. The largest absolute Gasteiger partial charge is 0.351 e. The van der Waals surface area contributed by atoms with Crippen LogP contribution in [0.5, 0.6) is 0 Å². The van der Waals surface area contributed by atoms with Crippen LogP contribution >= 0.6 is 0 Å². The van der Waals surface area contributed by atoms with Crippen molar-refractivity contribution < 1.29 is 0 Å². The number of aromatic nitrogens is 2. The summed E-state index contributed by atoms with van der Waals surface area (Å²) < 4.78 is 0. The highest BCUT2D eigenvalue weighted by Gasteiger charge is 2.27. The van der Waals surface area contributed by atoms with E-state index >= 15 is 0 Å². The highest BCUT2D eigenvalue weighted by molar-refractivity contribution is 5.75. The Labute approximate surface area is 126 Å². The van der Waals surface area contributed by atoms with Crippen LogP contribution in [0, 0.1) is 0 Å². The zero-order chi connectivity index (χ0) is 14.9. The highest BCUT2D eigenvalue weighted by atomic mass is 15.3. The fourth-order valence-corrected chi connectivity index (χ4v) is 2.86. The van der Waals surface area contributed by atoms with Crippen LogP contribution in [0.15, 0.2) is 30.5 Å². The van der Waals surface area contributed by atoms with Gasteiger partial charge in [-0.05, 0) is 45.7 Å². The van der Waals surface area contributed by atoms with Gasteiger partial charge in [-0.2, -0.15) is 0 Å². The van der Waals surface area contributed by atoms with Gasteiger partial charge in [-0.25, -0.2) is 4.98 Å². The van der Waals surface area contributed by atoms with Crippen molar-refractivity contribution in [1.29, 1.82) is 0 Å². The van der Waals surface area contributed by atoms with Crippen molar-refractivity contribution in [3.8, 4) is 0 Å². The third-order valence-electron chi connectivity index (χ3n) is 3.98. The summed E-state index contributed by atoms with van der Waals surface area (Å²) in [7, 11) is 0. The predicted molar refractivity (Wildman–Crippen MR) is 87.7 cm³/mol. The number of benzene rings is 1. The molecular weight excluding hydrogens is 260 g/mol. The number of para-hydroxylation sites is 2. The lowest BCUT2D eigenvalue weighted by Gasteiger charge is -2.29. The van der Waals surface area contributed by atoms with Gasteiger partial charge < -0.3 is 10.2 Å². The van der Waals surface area contributed by atoms with E-state index in [2.05, 4.69) is 36.0 Å². The molecule has 1 unspecified atom stereocenters. The van der Waals surface area contributed by atoms with Crippen LogP contribution in [0.25, 0.3) is 11.0 Å². The molecule has 3 rings (SSSR count). The minimum atomic E-state index is 0.156. The first-order valence-corrected chi connectivity index (χ1v) is 7.76. The molecule has 4 heteroatoms. The summed E-state index contributed by atoms with van der Waals surface area (Å²) in [5.41, 5.74) is 2.10. The molecule has 0 aliphatic carbocycles. The third-order valence-corrected chi connectivity index (χ3v) is 3.98. The molecule has 1 atom stereocenters. The molecule has 1 aliphatic rings. The normalized spacial score (nSPS) is 19.4. The molecule has 1 N–H and O–H groups in total. The second kappa shape index (κ2) is 5.60. The van der Waals surface area contributed by atoms with Crippen LogP contribution in [0.3, 0.4) is 0 Å². The molecule has 0 radical (unpaired) electrons. The molecule has 2 heterocycles. The second-order valence-corrected chi connectivity index (χ2v) is 6.84. The number of nitrogens with one attached hydrogen (secondary N) is 1. The number of rotatable bonds is 3. The molecule has 4 nitrogen and oxygen atoms in total. The Kier molecular flexibility index (Phi) is 3.81. The predicted octanol–water partition coefficient (Wildman–Crippen LogP) is 2.99. The minimum absolute atomic E-state index is 0.156. The van der Waals surface area contributed by atoms with Crippen molar-refractivity contribution in [2.75, 3.05) is 18.0 Å². The van der Waals surface area contributed by atoms with Crippen molar-refractivity contribution in [3.05, 3.63) is 30.5 Å². The Bertz CT molecular complexity index is 617. The molecule has 1 saturated heterocycles. The van der Waals surface area contributed by atoms with Gasteiger partial charge in [0.1, 0.15) is 5.82 Å². The van der Waals surface area contributed by atoms with Crippen LogP contribution in [-0.4, -0.2) is 34.6 Å². The smallest absolute Gasteiger partial charge is 0.148 e. The molecule has 0 spiro atoms. The summed E-state index contributed by atoms with van der Waals surface area (Å²) >= 11 is 0. The third kappa shape index (κ3) is 3.32. The number of fused-ring (bicyclic) bond motifs is 1. The average molecular weight is 284 g/mol. The van der Waals surface area contributed by atoms with Crippen LogP contribution in [0.2, 0.25) is 0 Å². The van der Waals surface area contributed by atoms with E-state index in [0.29, 0.717) is 6.04 Å². The lowest BCUT2D eigenvalue weighted by molar-refractivity contribution is 0.404. The topological polar surface area (TPSA) is 41.0 Å². The fraction of sp³-hybridized carbons (Fsp3) is 0.529. The average Bonchev–Trinajstić information content (AvgIpc) is 2.92. The Balaban J connectivity index is 1.79. The summed E-state index contributed by atoms with van der Waals surface area (Å²) in [6, 6.07) is 8.57. The lowest BCUT2D eigenvalue weighted by atomic mass is 10.1. The van der Waals surface area contributed by atoms with Gasteiger partial charge in [-0.15, -0.1) is 0 Å². The molecule has 0 saturated carbocycles. The molecule has 1 fully saturated rings. The fourth-order valence-electron chi connectivity index (χ4n) is 2.86. The van der Waals surface area contributed by atoms with Crippen LogP contribution < -0.4 is 10.2 Å². The first kappa shape index (κ1) is 14.3. The maximum absolute atomic E-state index is 4.79. The van der Waals surface area contributed by atoms with Gasteiger partial charge in [-0.1, -0.05) is 12.1 Å². The summed E-state index contributed by atoms with van der Waals surface area (Å²) in [6.45, 7) is 8.70. The summed E-state index contributed by atoms with van der Waals surface area (Å²) in [5.74, 6) is 1.01. The molecule has 1 aromatic carbocycles. The van der Waals surface area contributed by atoms with E-state index in [9.17, 15) is 0 Å². The molecule has 1 aliphatic heterocycles. The van der Waals surface area contributed by atoms with Gasteiger partial charge in [0.25, 0.3) is 0 Å². The first-order valence-electron chi connectivity index (χ1n) is 7.76. The van der Waals surface area contributed by atoms with Gasteiger partial charge in [0.15, 0.2) is 0 Å². The van der Waals surface area contributed by atoms with Gasteiger partial charge >= 0.3 is 0 Å². The second-order valence-electron chi connectivity index (χ2n) is 6.84. The molecule has 112 valence electrons. The molecule has 21 heavy (non-hydrogen) atoms. The number of nitrogens with zero attached hydrogens (tertiary/aromatic N) is 3. The Morgan fingerprint density at radius 2 is 2.00 bits per heavy atom. The van der Waals surface area contributed by atoms with E-state index < -0.39 is 0 Å². The summed E-state index contributed by atoms with van der Waals surface area (Å²) in [6.07, 6.45) is 4.36. The molecule has 2 aromatic rings. The number of hydrogen-bond donors (Lipinski definition) is 1. The molecule has 1 aromatic heterocycles. The van der Waals surface area contributed by atoms with Crippen molar-refractivity contribution >= 4 is 16.9 Å². The van der Waals surface area contributed by atoms with Crippen LogP contribution in [0.4, 0.5) is 5.82 Å². The van der Waals surface area contributed by atoms with E-state index in [4.69, 9.17) is 4.98 Å². The minimum Gasteiger partial charge on any atom is -0.351 e. The van der Waals surface area contributed by atoms with Gasteiger partial charge in [0.05, 0.1) is 17.2 Å². The Hall–Kier alpha value is -1.68. The maximum Gasteiger partial charge on any atom is 0.148 e. The van der Waals surface area contributed by atoms with Gasteiger partial charge in [-0.3, -0.25) is 4.98 Å². The molecule has 0 bridgehead atoms. The Morgan fingerprint density at radius 1 is 1.24 bits per heavy atom. The van der Waals surface area contributed by atoms with Crippen molar-refractivity contribution in [2.24, 2.45) is 0 Å². The standard InChI is InChI=1S/C17H24N4/c1-17(2,3)19-11-13-7-6-10-21(13)16-12-18-14-8-4-5-9-15(14)20-16/h4-5,8-9,12-13,19H,6-7,10-11H2,1-3H3. The van der Waals surface area contributed by atoms with Gasteiger partial charge in [0, 0.05) is 24.7 Å². The zero-order valence-electron chi connectivity index (χ0n) is 13.1. The quantitative estimate of drug-likeness (QED) is 0.940. The van der Waals surface area contributed by atoms with Gasteiger partial charge in [0.2, 0.25) is 0 Å². The van der Waals surface area contributed by atoms with E-state index in [1.54, 1.807) is 0 Å². The van der Waals surface area contributed by atoms with E-state index in [1.807, 2.05) is 30.5 Å². The SMILES string of the molecule is CC(C)(C)NCC1CCCN1c1cnc2ccccc2n1. The molecule has 0 amide bonds. The number of anilines is 1. The van der Waals surface area contributed by atoms with Crippen molar-refractivity contribution in [1.82, 2.24) is 15.3 Å². The van der Waals surface area contributed by atoms with Crippen molar-refractivity contribution in [3.63, 3.8) is 0 Å². The monoisotopic (exact) mass is 284 g/mol. The van der Waals surface area contributed by atoms with Crippen molar-refractivity contribution in [2.45, 2.75) is 45.2 Å². The van der Waals surface area contributed by atoms with E-state index in [-0.39, 0.29) is 5.54 Å².